The second kappa shape index (κ2) is 7.04. The number of rotatable bonds is 4. The lowest BCUT2D eigenvalue weighted by Gasteiger charge is -2.28. The van der Waals surface area contributed by atoms with Crippen molar-refractivity contribution in [1.29, 1.82) is 0 Å². The van der Waals surface area contributed by atoms with E-state index in [1.807, 2.05) is 0 Å². The van der Waals surface area contributed by atoms with E-state index in [9.17, 15) is 9.59 Å². The molecule has 1 saturated carbocycles. The van der Waals surface area contributed by atoms with Gasteiger partial charge in [-0.05, 0) is 43.3 Å². The zero-order chi connectivity index (χ0) is 16.2. The predicted molar refractivity (Wildman–Crippen MR) is 85.3 cm³/mol. The summed E-state index contributed by atoms with van der Waals surface area (Å²) in [5, 5.41) is 3.88. The van der Waals surface area contributed by atoms with Crippen molar-refractivity contribution < 1.29 is 14.0 Å². The molecule has 0 spiro atoms. The van der Waals surface area contributed by atoms with Crippen molar-refractivity contribution in [2.75, 3.05) is 6.54 Å². The molecule has 3 rings (SSSR count). The van der Waals surface area contributed by atoms with Gasteiger partial charge in [0.05, 0.1) is 17.5 Å². The molecule has 0 atom stereocenters. The number of amides is 2. The average Bonchev–Trinajstić information content (AvgIpc) is 3.24. The van der Waals surface area contributed by atoms with E-state index >= 15 is 0 Å². The van der Waals surface area contributed by atoms with Gasteiger partial charge in [0, 0.05) is 6.54 Å². The van der Waals surface area contributed by atoms with Crippen LogP contribution < -0.4 is 0 Å². The van der Waals surface area contributed by atoms with Crippen LogP contribution in [-0.2, 0) is 0 Å². The highest BCUT2D eigenvalue weighted by molar-refractivity contribution is 7.08. The Morgan fingerprint density at radius 3 is 2.70 bits per heavy atom. The van der Waals surface area contributed by atoms with Crippen LogP contribution in [0, 0.1) is 12.8 Å². The molecule has 2 aromatic heterocycles. The zero-order valence-corrected chi connectivity index (χ0v) is 13.8. The highest BCUT2D eigenvalue weighted by Gasteiger charge is 2.30. The van der Waals surface area contributed by atoms with Crippen molar-refractivity contribution in [1.82, 2.24) is 14.5 Å². The fourth-order valence-corrected chi connectivity index (χ4v) is 3.58. The molecule has 0 unspecified atom stereocenters. The fourth-order valence-electron chi connectivity index (χ4n) is 2.98. The third-order valence-corrected chi connectivity index (χ3v) is 5.09. The second-order valence-corrected chi connectivity index (χ2v) is 6.68. The first-order chi connectivity index (χ1) is 11.2. The van der Waals surface area contributed by atoms with E-state index in [0.29, 0.717) is 28.6 Å². The molecule has 0 aromatic carbocycles. The Balaban J connectivity index is 1.84. The number of carbonyl (C=O) groups excluding carboxylic acids is 2. The first kappa shape index (κ1) is 15.9. The molecule has 1 fully saturated rings. The smallest absolute Gasteiger partial charge is 0.274 e. The first-order valence-corrected chi connectivity index (χ1v) is 8.61. The van der Waals surface area contributed by atoms with Gasteiger partial charge in [0.2, 0.25) is 0 Å². The summed E-state index contributed by atoms with van der Waals surface area (Å²) in [5.74, 6) is -0.263. The molecular formula is C16H19N3O3S. The third-order valence-electron chi connectivity index (χ3n) is 4.27. The number of hydrogen-bond acceptors (Lipinski definition) is 6. The summed E-state index contributed by atoms with van der Waals surface area (Å²) in [5.41, 5.74) is 0.956. The third kappa shape index (κ3) is 3.50. The minimum atomic E-state index is -0.317. The van der Waals surface area contributed by atoms with E-state index in [1.54, 1.807) is 13.0 Å². The average molecular weight is 333 g/mol. The lowest BCUT2D eigenvalue weighted by atomic mass is 9.89. The van der Waals surface area contributed by atoms with Crippen molar-refractivity contribution in [2.24, 2.45) is 5.92 Å². The summed E-state index contributed by atoms with van der Waals surface area (Å²) in [6, 6.07) is 1.58. The van der Waals surface area contributed by atoms with E-state index in [-0.39, 0.29) is 11.8 Å². The summed E-state index contributed by atoms with van der Waals surface area (Å²) in [6.07, 6.45) is 8.49. The number of furan rings is 1. The van der Waals surface area contributed by atoms with Crippen LogP contribution in [-0.4, -0.2) is 32.8 Å². The van der Waals surface area contributed by atoms with Gasteiger partial charge in [0.1, 0.15) is 11.1 Å². The summed E-state index contributed by atoms with van der Waals surface area (Å²) in [7, 11) is 0. The summed E-state index contributed by atoms with van der Waals surface area (Å²) in [4.78, 5) is 27.3. The van der Waals surface area contributed by atoms with Crippen molar-refractivity contribution >= 4 is 23.3 Å². The Morgan fingerprint density at radius 1 is 1.30 bits per heavy atom. The van der Waals surface area contributed by atoms with Gasteiger partial charge in [-0.25, -0.2) is 0 Å². The van der Waals surface area contributed by atoms with Gasteiger partial charge in [0.25, 0.3) is 11.8 Å². The Bertz CT molecular complexity index is 675. The summed E-state index contributed by atoms with van der Waals surface area (Å²) < 4.78 is 8.80. The predicted octanol–water partition coefficient (Wildman–Crippen LogP) is 3.30. The number of aryl methyl sites for hydroxylation is 1. The standard InChI is InChI=1S/C16H19N3O3S/c1-11-14(23-18-17-11)16(21)19(9-12-5-3-2-4-6-12)15(20)13-7-8-22-10-13/h7-8,10,12H,2-6,9H2,1H3. The quantitative estimate of drug-likeness (QED) is 0.802. The van der Waals surface area contributed by atoms with Crippen molar-refractivity contribution in [3.63, 3.8) is 0 Å². The van der Waals surface area contributed by atoms with Gasteiger partial charge in [-0.1, -0.05) is 23.8 Å². The molecule has 6 nitrogen and oxygen atoms in total. The SMILES string of the molecule is Cc1nnsc1C(=O)N(CC1CCCCC1)C(=O)c1ccoc1. The molecule has 7 heteroatoms. The number of hydrogen-bond donors (Lipinski definition) is 0. The van der Waals surface area contributed by atoms with Crippen LogP contribution in [0.15, 0.2) is 23.0 Å². The van der Waals surface area contributed by atoms with Crippen LogP contribution in [0.2, 0.25) is 0 Å². The zero-order valence-electron chi connectivity index (χ0n) is 13.0. The van der Waals surface area contributed by atoms with E-state index in [0.717, 1.165) is 37.2 Å². The Hall–Kier alpha value is -2.02. The maximum atomic E-state index is 12.8. The van der Waals surface area contributed by atoms with Gasteiger partial charge >= 0.3 is 0 Å². The molecule has 2 aromatic rings. The van der Waals surface area contributed by atoms with Crippen molar-refractivity contribution in [2.45, 2.75) is 39.0 Å². The lowest BCUT2D eigenvalue weighted by Crippen LogP contribution is -2.40. The largest absolute Gasteiger partial charge is 0.472 e. The maximum Gasteiger partial charge on any atom is 0.274 e. The Morgan fingerprint density at radius 2 is 2.09 bits per heavy atom. The van der Waals surface area contributed by atoms with Crippen molar-refractivity contribution in [3.8, 4) is 0 Å². The van der Waals surface area contributed by atoms with Gasteiger partial charge in [-0.15, -0.1) is 5.10 Å². The van der Waals surface area contributed by atoms with Crippen LogP contribution in [0.25, 0.3) is 0 Å². The monoisotopic (exact) mass is 333 g/mol. The molecule has 2 heterocycles. The molecule has 0 N–H and O–H groups in total. The molecular weight excluding hydrogens is 314 g/mol. The summed E-state index contributed by atoms with van der Waals surface area (Å²) >= 11 is 1.03. The molecule has 0 saturated heterocycles. The number of nitrogens with zero attached hydrogens (tertiary/aromatic N) is 3. The van der Waals surface area contributed by atoms with E-state index in [2.05, 4.69) is 9.59 Å². The second-order valence-electron chi connectivity index (χ2n) is 5.92. The van der Waals surface area contributed by atoms with Crippen LogP contribution in [0.5, 0.6) is 0 Å². The van der Waals surface area contributed by atoms with Gasteiger partial charge in [-0.2, -0.15) is 0 Å². The van der Waals surface area contributed by atoms with Crippen LogP contribution in [0.3, 0.4) is 0 Å². The van der Waals surface area contributed by atoms with Crippen LogP contribution >= 0.6 is 11.5 Å². The molecule has 0 bridgehead atoms. The molecule has 1 aliphatic rings. The van der Waals surface area contributed by atoms with Crippen LogP contribution in [0.4, 0.5) is 0 Å². The molecule has 122 valence electrons. The highest BCUT2D eigenvalue weighted by atomic mass is 32.1. The van der Waals surface area contributed by atoms with Gasteiger partial charge in [0.15, 0.2) is 0 Å². The first-order valence-electron chi connectivity index (χ1n) is 7.84. The maximum absolute atomic E-state index is 12.8. The summed E-state index contributed by atoms with van der Waals surface area (Å²) in [6.45, 7) is 2.18. The number of aromatic nitrogens is 2. The van der Waals surface area contributed by atoms with Gasteiger partial charge < -0.3 is 4.42 Å². The number of carbonyl (C=O) groups is 2. The number of imide groups is 1. The molecule has 0 radical (unpaired) electrons. The minimum Gasteiger partial charge on any atom is -0.472 e. The lowest BCUT2D eigenvalue weighted by molar-refractivity contribution is 0.0580. The van der Waals surface area contributed by atoms with Crippen LogP contribution in [0.1, 0.15) is 57.8 Å². The normalized spacial score (nSPS) is 15.5. The van der Waals surface area contributed by atoms with E-state index < -0.39 is 0 Å². The van der Waals surface area contributed by atoms with E-state index in [4.69, 9.17) is 4.42 Å². The topological polar surface area (TPSA) is 76.3 Å². The Kier molecular flexibility index (Phi) is 4.85. The molecule has 1 aliphatic carbocycles. The Labute approximate surface area is 138 Å². The van der Waals surface area contributed by atoms with Crippen molar-refractivity contribution in [3.05, 3.63) is 34.7 Å². The molecule has 0 aliphatic heterocycles. The fraction of sp³-hybridized carbons (Fsp3) is 0.500. The van der Waals surface area contributed by atoms with E-state index in [1.165, 1.54) is 23.8 Å². The molecule has 2 amide bonds. The van der Waals surface area contributed by atoms with Gasteiger partial charge in [-0.3, -0.25) is 14.5 Å². The highest BCUT2D eigenvalue weighted by Crippen LogP contribution is 2.26. The minimum absolute atomic E-state index is 0.311. The molecule has 23 heavy (non-hydrogen) atoms.